The van der Waals surface area contributed by atoms with Crippen molar-refractivity contribution in [3.63, 3.8) is 0 Å². The summed E-state index contributed by atoms with van der Waals surface area (Å²) >= 11 is 0. The second-order valence-electron chi connectivity index (χ2n) is 5.84. The van der Waals surface area contributed by atoms with Gasteiger partial charge in [0.25, 0.3) is 0 Å². The lowest BCUT2D eigenvalue weighted by molar-refractivity contribution is 0.169. The monoisotopic (exact) mass is 275 g/mol. The van der Waals surface area contributed by atoms with E-state index >= 15 is 0 Å². The molecule has 0 bridgehead atoms. The van der Waals surface area contributed by atoms with Crippen LogP contribution in [0.1, 0.15) is 33.4 Å². The van der Waals surface area contributed by atoms with Gasteiger partial charge in [-0.05, 0) is 46.8 Å². The molecule has 5 heteroatoms. The highest BCUT2D eigenvalue weighted by atomic mass is 15.2. The van der Waals surface area contributed by atoms with Gasteiger partial charge in [-0.25, -0.2) is 9.97 Å². The summed E-state index contributed by atoms with van der Waals surface area (Å²) in [7, 11) is 0. The van der Waals surface area contributed by atoms with Crippen molar-refractivity contribution in [2.45, 2.75) is 53.2 Å². The van der Waals surface area contributed by atoms with Gasteiger partial charge < -0.3 is 5.73 Å². The van der Waals surface area contributed by atoms with Crippen LogP contribution in [0.5, 0.6) is 0 Å². The van der Waals surface area contributed by atoms with Crippen molar-refractivity contribution in [1.29, 1.82) is 0 Å². The van der Waals surface area contributed by atoms with Gasteiger partial charge in [-0.15, -0.1) is 0 Å². The molecule has 0 aromatic carbocycles. The van der Waals surface area contributed by atoms with Gasteiger partial charge in [0.2, 0.25) is 5.95 Å². The molecule has 0 radical (unpaired) electrons. The Morgan fingerprint density at radius 3 is 2.40 bits per heavy atom. The van der Waals surface area contributed by atoms with Crippen LogP contribution in [0.15, 0.2) is 12.1 Å². The standard InChI is InChI=1S/C15H25N5/c1-10(2)19(11(3)4)8-9-20-14-13(18-15(20)16)7-6-12(5)17-14/h6-7,10-11H,8-9H2,1-5H3,(H2,16,18). The molecule has 2 rings (SSSR count). The molecule has 2 heterocycles. The maximum atomic E-state index is 6.04. The number of nitrogens with zero attached hydrogens (tertiary/aromatic N) is 4. The van der Waals surface area contributed by atoms with Crippen molar-refractivity contribution in [2.24, 2.45) is 0 Å². The highest BCUT2D eigenvalue weighted by Crippen LogP contribution is 2.17. The average Bonchev–Trinajstić information content (AvgIpc) is 2.65. The van der Waals surface area contributed by atoms with E-state index in [1.807, 2.05) is 23.6 Å². The fraction of sp³-hybridized carbons (Fsp3) is 0.600. The highest BCUT2D eigenvalue weighted by molar-refractivity contribution is 5.74. The topological polar surface area (TPSA) is 60.0 Å². The molecule has 0 aliphatic rings. The van der Waals surface area contributed by atoms with E-state index in [2.05, 4.69) is 42.6 Å². The van der Waals surface area contributed by atoms with E-state index in [0.717, 1.165) is 29.9 Å². The van der Waals surface area contributed by atoms with Crippen LogP contribution >= 0.6 is 0 Å². The molecule has 0 atom stereocenters. The largest absolute Gasteiger partial charge is 0.369 e. The lowest BCUT2D eigenvalue weighted by atomic mass is 10.2. The lowest BCUT2D eigenvalue weighted by Crippen LogP contribution is -2.39. The number of rotatable bonds is 5. The molecule has 0 aliphatic heterocycles. The van der Waals surface area contributed by atoms with Gasteiger partial charge in [-0.3, -0.25) is 9.47 Å². The number of nitrogens with two attached hydrogens (primary N) is 1. The van der Waals surface area contributed by atoms with Gasteiger partial charge >= 0.3 is 0 Å². The van der Waals surface area contributed by atoms with E-state index in [9.17, 15) is 0 Å². The summed E-state index contributed by atoms with van der Waals surface area (Å²) in [5, 5.41) is 0. The van der Waals surface area contributed by atoms with Gasteiger partial charge in [0.1, 0.15) is 5.52 Å². The van der Waals surface area contributed by atoms with Gasteiger partial charge in [0, 0.05) is 30.9 Å². The normalized spacial score (nSPS) is 12.2. The Kier molecular flexibility index (Phi) is 4.28. The van der Waals surface area contributed by atoms with Gasteiger partial charge in [0.05, 0.1) is 0 Å². The fourth-order valence-electron chi connectivity index (χ4n) is 2.66. The molecule has 0 spiro atoms. The first-order valence-electron chi connectivity index (χ1n) is 7.25. The Labute approximate surface area is 120 Å². The Morgan fingerprint density at radius 2 is 1.80 bits per heavy atom. The number of nitrogen functional groups attached to an aromatic ring is 1. The molecule has 110 valence electrons. The first-order valence-corrected chi connectivity index (χ1v) is 7.25. The molecule has 0 unspecified atom stereocenters. The SMILES string of the molecule is Cc1ccc2nc(N)n(CCN(C(C)C)C(C)C)c2n1. The number of hydrogen-bond donors (Lipinski definition) is 1. The predicted octanol–water partition coefficient (Wildman–Crippen LogP) is 2.44. The van der Waals surface area contributed by atoms with Crippen LogP contribution in [-0.2, 0) is 6.54 Å². The third-order valence-corrected chi connectivity index (χ3v) is 3.67. The zero-order valence-electron chi connectivity index (χ0n) is 13.1. The second-order valence-corrected chi connectivity index (χ2v) is 5.84. The van der Waals surface area contributed by atoms with Crippen LogP contribution in [0, 0.1) is 6.92 Å². The van der Waals surface area contributed by atoms with Crippen molar-refractivity contribution in [1.82, 2.24) is 19.4 Å². The van der Waals surface area contributed by atoms with E-state index in [1.165, 1.54) is 0 Å². The third kappa shape index (κ3) is 2.93. The van der Waals surface area contributed by atoms with Crippen molar-refractivity contribution in [3.8, 4) is 0 Å². The third-order valence-electron chi connectivity index (χ3n) is 3.67. The summed E-state index contributed by atoms with van der Waals surface area (Å²) in [6.45, 7) is 12.6. The van der Waals surface area contributed by atoms with Crippen molar-refractivity contribution < 1.29 is 0 Å². The molecule has 2 N–H and O–H groups in total. The zero-order chi connectivity index (χ0) is 14.9. The number of hydrogen-bond acceptors (Lipinski definition) is 4. The van der Waals surface area contributed by atoms with E-state index in [1.54, 1.807) is 0 Å². The first-order chi connectivity index (χ1) is 9.40. The minimum Gasteiger partial charge on any atom is -0.369 e. The van der Waals surface area contributed by atoms with E-state index < -0.39 is 0 Å². The van der Waals surface area contributed by atoms with Crippen LogP contribution in [0.4, 0.5) is 5.95 Å². The van der Waals surface area contributed by atoms with Crippen LogP contribution in [0.25, 0.3) is 11.2 Å². The van der Waals surface area contributed by atoms with E-state index in [4.69, 9.17) is 5.73 Å². The number of imidazole rings is 1. The van der Waals surface area contributed by atoms with Crippen LogP contribution < -0.4 is 5.73 Å². The Bertz CT molecular complexity index is 577. The Balaban J connectivity index is 2.25. The maximum absolute atomic E-state index is 6.04. The van der Waals surface area contributed by atoms with Gasteiger partial charge in [0.15, 0.2) is 5.65 Å². The summed E-state index contributed by atoms with van der Waals surface area (Å²) in [6.07, 6.45) is 0. The van der Waals surface area contributed by atoms with Gasteiger partial charge in [-0.2, -0.15) is 0 Å². The molecule has 20 heavy (non-hydrogen) atoms. The van der Waals surface area contributed by atoms with Crippen molar-refractivity contribution in [3.05, 3.63) is 17.8 Å². The average molecular weight is 275 g/mol. The second kappa shape index (κ2) is 5.79. The smallest absolute Gasteiger partial charge is 0.202 e. The van der Waals surface area contributed by atoms with Crippen molar-refractivity contribution in [2.75, 3.05) is 12.3 Å². The summed E-state index contributed by atoms with van der Waals surface area (Å²) in [5.41, 5.74) is 8.78. The lowest BCUT2D eigenvalue weighted by Gasteiger charge is -2.30. The number of fused-ring (bicyclic) bond motifs is 1. The molecule has 0 fully saturated rings. The maximum Gasteiger partial charge on any atom is 0.202 e. The molecule has 0 saturated heterocycles. The number of aryl methyl sites for hydroxylation is 1. The van der Waals surface area contributed by atoms with E-state index in [-0.39, 0.29) is 0 Å². The van der Waals surface area contributed by atoms with Crippen LogP contribution in [-0.4, -0.2) is 38.1 Å². The Hall–Kier alpha value is -1.62. The molecule has 0 saturated carbocycles. The molecule has 0 amide bonds. The molecular weight excluding hydrogens is 250 g/mol. The predicted molar refractivity (Wildman–Crippen MR) is 83.7 cm³/mol. The number of anilines is 1. The molecule has 2 aromatic rings. The fourth-order valence-corrected chi connectivity index (χ4v) is 2.66. The van der Waals surface area contributed by atoms with Crippen LogP contribution in [0.3, 0.4) is 0 Å². The molecular formula is C15H25N5. The van der Waals surface area contributed by atoms with Crippen LogP contribution in [0.2, 0.25) is 0 Å². The summed E-state index contributed by atoms with van der Waals surface area (Å²) in [5.74, 6) is 0.547. The molecule has 5 nitrogen and oxygen atoms in total. The Morgan fingerprint density at radius 1 is 1.15 bits per heavy atom. The summed E-state index contributed by atoms with van der Waals surface area (Å²) in [4.78, 5) is 11.4. The highest BCUT2D eigenvalue weighted by Gasteiger charge is 2.15. The minimum atomic E-state index is 0.515. The first kappa shape index (κ1) is 14.8. The quantitative estimate of drug-likeness (QED) is 0.910. The van der Waals surface area contributed by atoms with Gasteiger partial charge in [-0.1, -0.05) is 0 Å². The molecule has 0 aliphatic carbocycles. The minimum absolute atomic E-state index is 0.515. The summed E-state index contributed by atoms with van der Waals surface area (Å²) < 4.78 is 2.01. The molecule has 2 aromatic heterocycles. The number of pyridine rings is 1. The number of aromatic nitrogens is 3. The van der Waals surface area contributed by atoms with Crippen molar-refractivity contribution >= 4 is 17.1 Å². The summed E-state index contributed by atoms with van der Waals surface area (Å²) in [6, 6.07) is 4.97. The van der Waals surface area contributed by atoms with E-state index in [0.29, 0.717) is 18.0 Å². The zero-order valence-corrected chi connectivity index (χ0v) is 13.1.